The van der Waals surface area contributed by atoms with Crippen molar-refractivity contribution in [3.63, 3.8) is 0 Å². The number of hydrogen-bond donors (Lipinski definition) is 6. The summed E-state index contributed by atoms with van der Waals surface area (Å²) >= 11 is 0. The third-order valence-electron chi connectivity index (χ3n) is 6.11. The number of H-pyrrole nitrogens is 1. The monoisotopic (exact) mass is 463 g/mol. The lowest BCUT2D eigenvalue weighted by Crippen LogP contribution is -2.71. The van der Waals surface area contributed by atoms with Gasteiger partial charge in [-0.1, -0.05) is 43.3 Å². The molecule has 3 aromatic rings. The minimum atomic E-state index is -4.26. The molecule has 0 aliphatic carbocycles. The maximum Gasteiger partial charge on any atom is 0.222 e. The number of rotatable bonds is 5. The van der Waals surface area contributed by atoms with Crippen molar-refractivity contribution in [3.05, 3.63) is 60.2 Å². The summed E-state index contributed by atoms with van der Waals surface area (Å²) in [4.78, 5) is 2.72. The van der Waals surface area contributed by atoms with Crippen LogP contribution in [0.2, 0.25) is 0 Å². The standard InChI is InChI=1S/C22H25NO8S/c1-2-21(27)22(28,19(26)18(25)16(12-24)31-21)17-14-10-6-7-11-15(14)23-20(17)32(29,30)13-8-4-3-5-9-13/h3-11,16,18-19,23-28H,2,12H2,1H3/t16-,18-,19+,21+,22-/m1/s1. The SMILES string of the molecule is CC[C@]1(O)O[C@H](CO)[C@@H](O)[C@H](O)[C@]1(O)c1c(S(=O)(=O)c2ccccc2)[nH]c2ccccc12. The van der Waals surface area contributed by atoms with Crippen molar-refractivity contribution in [3.8, 4) is 0 Å². The van der Waals surface area contributed by atoms with Crippen LogP contribution in [0, 0.1) is 0 Å². The first-order valence-electron chi connectivity index (χ1n) is 10.1. The molecule has 0 radical (unpaired) electrons. The fourth-order valence-electron chi connectivity index (χ4n) is 4.35. The van der Waals surface area contributed by atoms with Gasteiger partial charge in [0.1, 0.15) is 23.3 Å². The molecular weight excluding hydrogens is 438 g/mol. The third-order valence-corrected chi connectivity index (χ3v) is 7.84. The number of fused-ring (bicyclic) bond motifs is 1. The quantitative estimate of drug-likeness (QED) is 0.317. The van der Waals surface area contributed by atoms with E-state index in [9.17, 15) is 34.0 Å². The number of hydrogen-bond acceptors (Lipinski definition) is 8. The van der Waals surface area contributed by atoms with Crippen LogP contribution in [0.25, 0.3) is 10.9 Å². The topological polar surface area (TPSA) is 160 Å². The van der Waals surface area contributed by atoms with Crippen molar-refractivity contribution in [1.82, 2.24) is 4.98 Å². The Hall–Kier alpha value is -2.31. The Balaban J connectivity index is 2.07. The van der Waals surface area contributed by atoms with Gasteiger partial charge in [0, 0.05) is 22.9 Å². The molecule has 1 aliphatic heterocycles. The number of para-hydroxylation sites is 1. The molecule has 1 aliphatic rings. The molecule has 0 bridgehead atoms. The van der Waals surface area contributed by atoms with Gasteiger partial charge in [0.25, 0.3) is 0 Å². The van der Waals surface area contributed by atoms with Gasteiger partial charge < -0.3 is 35.3 Å². The number of ether oxygens (including phenoxy) is 1. The van der Waals surface area contributed by atoms with E-state index in [-0.39, 0.29) is 22.3 Å². The van der Waals surface area contributed by atoms with E-state index in [1.54, 1.807) is 36.4 Å². The average Bonchev–Trinajstić information content (AvgIpc) is 3.21. The van der Waals surface area contributed by atoms with Crippen LogP contribution in [0.3, 0.4) is 0 Å². The second-order valence-corrected chi connectivity index (χ2v) is 9.76. The van der Waals surface area contributed by atoms with Crippen LogP contribution in [-0.2, 0) is 20.2 Å². The van der Waals surface area contributed by atoms with Crippen molar-refractivity contribution in [1.29, 1.82) is 0 Å². The van der Waals surface area contributed by atoms with E-state index < -0.39 is 51.2 Å². The predicted octanol–water partition coefficient (Wildman–Crippen LogP) is 0.400. The second-order valence-electron chi connectivity index (χ2n) is 7.87. The summed E-state index contributed by atoms with van der Waals surface area (Å²) in [5.41, 5.74) is -2.76. The molecule has 172 valence electrons. The molecular formula is C22H25NO8S. The summed E-state index contributed by atoms with van der Waals surface area (Å²) in [6.07, 6.45) is -5.57. The molecule has 32 heavy (non-hydrogen) atoms. The molecule has 9 nitrogen and oxygen atoms in total. The zero-order valence-electron chi connectivity index (χ0n) is 17.2. The zero-order chi connectivity index (χ0) is 23.3. The van der Waals surface area contributed by atoms with Gasteiger partial charge in [-0.3, -0.25) is 0 Å². The van der Waals surface area contributed by atoms with E-state index >= 15 is 0 Å². The third kappa shape index (κ3) is 3.11. The summed E-state index contributed by atoms with van der Waals surface area (Å²) in [5, 5.41) is 54.0. The van der Waals surface area contributed by atoms with Gasteiger partial charge in [-0.05, 0) is 18.2 Å². The number of sulfone groups is 1. The Kier molecular flexibility index (Phi) is 5.66. The van der Waals surface area contributed by atoms with Crippen molar-refractivity contribution in [2.75, 3.05) is 6.61 Å². The minimum Gasteiger partial charge on any atom is -0.394 e. The van der Waals surface area contributed by atoms with Gasteiger partial charge in [-0.2, -0.15) is 0 Å². The Labute approximate surface area is 184 Å². The number of aliphatic hydroxyl groups is 5. The van der Waals surface area contributed by atoms with Crippen LogP contribution in [0.1, 0.15) is 18.9 Å². The molecule has 5 atom stereocenters. The van der Waals surface area contributed by atoms with E-state index in [2.05, 4.69) is 4.98 Å². The van der Waals surface area contributed by atoms with Gasteiger partial charge in [-0.15, -0.1) is 0 Å². The molecule has 2 heterocycles. The first-order valence-corrected chi connectivity index (χ1v) is 11.6. The van der Waals surface area contributed by atoms with E-state index in [4.69, 9.17) is 4.74 Å². The molecule has 0 saturated carbocycles. The van der Waals surface area contributed by atoms with Crippen LogP contribution in [0.4, 0.5) is 0 Å². The molecule has 1 fully saturated rings. The van der Waals surface area contributed by atoms with Crippen molar-refractivity contribution >= 4 is 20.7 Å². The highest BCUT2D eigenvalue weighted by atomic mass is 32.2. The molecule has 10 heteroatoms. The van der Waals surface area contributed by atoms with Gasteiger partial charge in [0.15, 0.2) is 5.60 Å². The van der Waals surface area contributed by atoms with Crippen LogP contribution in [0.15, 0.2) is 64.5 Å². The lowest BCUT2D eigenvalue weighted by molar-refractivity contribution is -0.396. The second kappa shape index (κ2) is 7.92. The molecule has 0 spiro atoms. The number of benzene rings is 2. The predicted molar refractivity (Wildman–Crippen MR) is 113 cm³/mol. The normalized spacial score (nSPS) is 31.1. The van der Waals surface area contributed by atoms with E-state index in [0.29, 0.717) is 5.52 Å². The summed E-state index contributed by atoms with van der Waals surface area (Å²) in [6, 6.07) is 13.9. The van der Waals surface area contributed by atoms with Gasteiger partial charge in [0.2, 0.25) is 15.6 Å². The number of aromatic amines is 1. The maximum atomic E-state index is 13.6. The van der Waals surface area contributed by atoms with E-state index in [1.165, 1.54) is 25.1 Å². The average molecular weight is 464 g/mol. The Bertz CT molecular complexity index is 1230. The maximum absolute atomic E-state index is 13.6. The highest BCUT2D eigenvalue weighted by Gasteiger charge is 2.65. The van der Waals surface area contributed by atoms with Crippen molar-refractivity contribution < 1.29 is 38.7 Å². The first-order chi connectivity index (χ1) is 15.1. The van der Waals surface area contributed by atoms with Crippen molar-refractivity contribution in [2.45, 2.75) is 53.0 Å². The molecule has 1 aromatic heterocycles. The smallest absolute Gasteiger partial charge is 0.222 e. The molecule has 4 rings (SSSR count). The molecule has 1 saturated heterocycles. The highest BCUT2D eigenvalue weighted by Crippen LogP contribution is 2.50. The number of aromatic nitrogens is 1. The molecule has 0 amide bonds. The summed E-state index contributed by atoms with van der Waals surface area (Å²) in [7, 11) is -4.26. The van der Waals surface area contributed by atoms with E-state index in [0.717, 1.165) is 0 Å². The molecule has 0 unspecified atom stereocenters. The molecule has 6 N–H and O–H groups in total. The Morgan fingerprint density at radius 3 is 2.28 bits per heavy atom. The summed E-state index contributed by atoms with van der Waals surface area (Å²) in [6.45, 7) is 0.726. The Morgan fingerprint density at radius 2 is 1.66 bits per heavy atom. The van der Waals surface area contributed by atoms with Gasteiger partial charge in [-0.25, -0.2) is 8.42 Å². The largest absolute Gasteiger partial charge is 0.394 e. The fraction of sp³-hybridized carbons (Fsp3) is 0.364. The minimum absolute atomic E-state index is 0.0727. The van der Waals surface area contributed by atoms with Crippen molar-refractivity contribution in [2.24, 2.45) is 0 Å². The van der Waals surface area contributed by atoms with Gasteiger partial charge in [0.05, 0.1) is 11.5 Å². The van der Waals surface area contributed by atoms with Crippen LogP contribution in [0.5, 0.6) is 0 Å². The Morgan fingerprint density at radius 1 is 1.03 bits per heavy atom. The van der Waals surface area contributed by atoms with Crippen LogP contribution in [-0.4, -0.2) is 69.6 Å². The first kappa shape index (κ1) is 22.9. The number of nitrogens with one attached hydrogen (secondary N) is 1. The van der Waals surface area contributed by atoms with Gasteiger partial charge >= 0.3 is 0 Å². The lowest BCUT2D eigenvalue weighted by Gasteiger charge is -2.53. The van der Waals surface area contributed by atoms with Crippen LogP contribution < -0.4 is 0 Å². The zero-order valence-corrected chi connectivity index (χ0v) is 18.0. The van der Waals surface area contributed by atoms with E-state index in [1.807, 2.05) is 0 Å². The fourth-order valence-corrected chi connectivity index (χ4v) is 5.88. The molecule has 2 aromatic carbocycles. The van der Waals surface area contributed by atoms with Crippen LogP contribution >= 0.6 is 0 Å². The summed E-state index contributed by atoms with van der Waals surface area (Å²) < 4.78 is 32.6. The lowest BCUT2D eigenvalue weighted by atomic mass is 9.74. The number of aliphatic hydroxyl groups excluding tert-OH is 3. The summed E-state index contributed by atoms with van der Waals surface area (Å²) in [5.74, 6) is -2.52. The highest BCUT2D eigenvalue weighted by molar-refractivity contribution is 7.91.